The van der Waals surface area contributed by atoms with Crippen LogP contribution in [0.5, 0.6) is 0 Å². The topological polar surface area (TPSA) is 50.3 Å². The average Bonchev–Trinajstić information content (AvgIpc) is 2.40. The molecule has 0 saturated carbocycles. The SMILES string of the molecule is O=S(=O)(c1cccnc1)N1CCCC(CCCl)C1. The Bertz CT molecular complexity index is 476. The zero-order chi connectivity index (χ0) is 13.0. The maximum atomic E-state index is 12.4. The van der Waals surface area contributed by atoms with E-state index >= 15 is 0 Å². The number of piperidine rings is 1. The second-order valence-corrected chi connectivity index (χ2v) is 6.85. The first kappa shape index (κ1) is 13.8. The molecule has 0 N–H and O–H groups in total. The highest BCUT2D eigenvalue weighted by Crippen LogP contribution is 2.25. The van der Waals surface area contributed by atoms with E-state index < -0.39 is 10.0 Å². The van der Waals surface area contributed by atoms with Crippen LogP contribution in [-0.2, 0) is 10.0 Å². The number of hydrogen-bond donors (Lipinski definition) is 0. The smallest absolute Gasteiger partial charge is 0.244 e. The van der Waals surface area contributed by atoms with E-state index in [0.29, 0.717) is 24.9 Å². The van der Waals surface area contributed by atoms with Crippen LogP contribution in [0.3, 0.4) is 0 Å². The number of halogens is 1. The molecule has 100 valence electrons. The van der Waals surface area contributed by atoms with Crippen LogP contribution >= 0.6 is 11.6 Å². The van der Waals surface area contributed by atoms with Gasteiger partial charge in [-0.15, -0.1) is 11.6 Å². The number of sulfonamides is 1. The molecule has 1 saturated heterocycles. The Labute approximate surface area is 113 Å². The van der Waals surface area contributed by atoms with E-state index in [9.17, 15) is 8.42 Å². The van der Waals surface area contributed by atoms with Crippen molar-refractivity contribution in [3.8, 4) is 0 Å². The Balaban J connectivity index is 2.15. The molecule has 1 unspecified atom stereocenters. The van der Waals surface area contributed by atoms with E-state index in [1.54, 1.807) is 22.6 Å². The van der Waals surface area contributed by atoms with E-state index in [-0.39, 0.29) is 4.90 Å². The van der Waals surface area contributed by atoms with Crippen molar-refractivity contribution in [2.75, 3.05) is 19.0 Å². The first-order valence-electron chi connectivity index (χ1n) is 6.10. The fourth-order valence-electron chi connectivity index (χ4n) is 2.28. The highest BCUT2D eigenvalue weighted by Gasteiger charge is 2.29. The van der Waals surface area contributed by atoms with E-state index in [0.717, 1.165) is 19.3 Å². The lowest BCUT2D eigenvalue weighted by molar-refractivity contribution is 0.262. The summed E-state index contributed by atoms with van der Waals surface area (Å²) in [5.41, 5.74) is 0. The molecule has 0 aromatic carbocycles. The molecule has 0 radical (unpaired) electrons. The minimum atomic E-state index is -3.39. The highest BCUT2D eigenvalue weighted by atomic mass is 35.5. The summed E-state index contributed by atoms with van der Waals surface area (Å²) in [6.45, 7) is 1.17. The van der Waals surface area contributed by atoms with E-state index in [1.807, 2.05) is 0 Å². The summed E-state index contributed by atoms with van der Waals surface area (Å²) in [6.07, 6.45) is 5.82. The minimum Gasteiger partial charge on any atom is -0.263 e. The lowest BCUT2D eigenvalue weighted by atomic mass is 9.97. The lowest BCUT2D eigenvalue weighted by Gasteiger charge is -2.31. The van der Waals surface area contributed by atoms with Gasteiger partial charge in [-0.25, -0.2) is 8.42 Å². The molecule has 0 spiro atoms. The fourth-order valence-corrected chi connectivity index (χ4v) is 4.11. The van der Waals surface area contributed by atoms with Gasteiger partial charge in [-0.1, -0.05) is 0 Å². The Morgan fingerprint density at radius 3 is 3.00 bits per heavy atom. The largest absolute Gasteiger partial charge is 0.263 e. The molecule has 1 fully saturated rings. The van der Waals surface area contributed by atoms with Gasteiger partial charge in [0, 0.05) is 31.4 Å². The maximum Gasteiger partial charge on any atom is 0.244 e. The van der Waals surface area contributed by atoms with Gasteiger partial charge in [-0.05, 0) is 37.3 Å². The molecule has 1 atom stereocenters. The quantitative estimate of drug-likeness (QED) is 0.798. The second-order valence-electron chi connectivity index (χ2n) is 4.54. The van der Waals surface area contributed by atoms with Crippen molar-refractivity contribution < 1.29 is 8.42 Å². The van der Waals surface area contributed by atoms with Crippen molar-refractivity contribution in [3.05, 3.63) is 24.5 Å². The molecule has 18 heavy (non-hydrogen) atoms. The maximum absolute atomic E-state index is 12.4. The molecule has 0 amide bonds. The highest BCUT2D eigenvalue weighted by molar-refractivity contribution is 7.89. The van der Waals surface area contributed by atoms with Crippen LogP contribution in [0.15, 0.2) is 29.4 Å². The van der Waals surface area contributed by atoms with Crippen molar-refractivity contribution in [2.24, 2.45) is 5.92 Å². The van der Waals surface area contributed by atoms with Gasteiger partial charge in [0.2, 0.25) is 10.0 Å². The Hall–Kier alpha value is -0.650. The number of aromatic nitrogens is 1. The third-order valence-corrected chi connectivity index (χ3v) is 5.34. The molecule has 0 bridgehead atoms. The molecule has 1 aliphatic heterocycles. The van der Waals surface area contributed by atoms with E-state index in [1.165, 1.54) is 6.20 Å². The predicted octanol–water partition coefficient (Wildman–Crippen LogP) is 2.11. The zero-order valence-corrected chi connectivity index (χ0v) is 11.7. The summed E-state index contributed by atoms with van der Waals surface area (Å²) >= 11 is 5.74. The van der Waals surface area contributed by atoms with Crippen LogP contribution in [0.2, 0.25) is 0 Å². The second kappa shape index (κ2) is 5.99. The van der Waals surface area contributed by atoms with Crippen molar-refractivity contribution in [3.63, 3.8) is 0 Å². The summed E-state index contributed by atoms with van der Waals surface area (Å²) in [5, 5.41) is 0. The number of nitrogens with zero attached hydrogens (tertiary/aromatic N) is 2. The van der Waals surface area contributed by atoms with Crippen LogP contribution in [0, 0.1) is 5.92 Å². The van der Waals surface area contributed by atoms with Crippen LogP contribution in [0.4, 0.5) is 0 Å². The third-order valence-electron chi connectivity index (χ3n) is 3.27. The molecule has 1 aliphatic rings. The molecule has 2 rings (SSSR count). The van der Waals surface area contributed by atoms with Crippen molar-refractivity contribution in [1.82, 2.24) is 9.29 Å². The van der Waals surface area contributed by atoms with Gasteiger partial charge in [0.25, 0.3) is 0 Å². The first-order valence-corrected chi connectivity index (χ1v) is 8.08. The molecule has 6 heteroatoms. The summed E-state index contributed by atoms with van der Waals surface area (Å²) in [7, 11) is -3.39. The normalized spacial score (nSPS) is 21.9. The van der Waals surface area contributed by atoms with Crippen LogP contribution < -0.4 is 0 Å². The monoisotopic (exact) mass is 288 g/mol. The van der Waals surface area contributed by atoms with Gasteiger partial charge in [-0.2, -0.15) is 4.31 Å². The molecule has 1 aromatic heterocycles. The molecule has 0 aliphatic carbocycles. The molecular formula is C12H17ClN2O2S. The first-order chi connectivity index (χ1) is 8.64. The summed E-state index contributed by atoms with van der Waals surface area (Å²) in [5.74, 6) is 0.966. The summed E-state index contributed by atoms with van der Waals surface area (Å²) in [6, 6.07) is 3.24. The Morgan fingerprint density at radius 2 is 2.33 bits per heavy atom. The van der Waals surface area contributed by atoms with Gasteiger partial charge in [0.15, 0.2) is 0 Å². The number of alkyl halides is 1. The van der Waals surface area contributed by atoms with E-state index in [4.69, 9.17) is 11.6 Å². The number of pyridine rings is 1. The van der Waals surface area contributed by atoms with Crippen LogP contribution in [-0.4, -0.2) is 36.7 Å². The lowest BCUT2D eigenvalue weighted by Crippen LogP contribution is -2.40. The van der Waals surface area contributed by atoms with Crippen molar-refractivity contribution in [2.45, 2.75) is 24.2 Å². The number of hydrogen-bond acceptors (Lipinski definition) is 3. The van der Waals surface area contributed by atoms with Gasteiger partial charge < -0.3 is 0 Å². The minimum absolute atomic E-state index is 0.275. The number of rotatable bonds is 4. The molecule has 2 heterocycles. The van der Waals surface area contributed by atoms with Crippen molar-refractivity contribution >= 4 is 21.6 Å². The van der Waals surface area contributed by atoms with E-state index in [2.05, 4.69) is 4.98 Å². The van der Waals surface area contributed by atoms with Gasteiger partial charge in [0.05, 0.1) is 0 Å². The molecule has 4 nitrogen and oxygen atoms in total. The summed E-state index contributed by atoms with van der Waals surface area (Å²) in [4.78, 5) is 4.15. The Morgan fingerprint density at radius 1 is 1.50 bits per heavy atom. The fraction of sp³-hybridized carbons (Fsp3) is 0.583. The zero-order valence-electron chi connectivity index (χ0n) is 10.1. The molecule has 1 aromatic rings. The molecular weight excluding hydrogens is 272 g/mol. The standard InChI is InChI=1S/C12H17ClN2O2S/c13-6-5-11-3-2-8-15(10-11)18(16,17)12-4-1-7-14-9-12/h1,4,7,9,11H,2-3,5-6,8,10H2. The van der Waals surface area contributed by atoms with Crippen molar-refractivity contribution in [1.29, 1.82) is 0 Å². The van der Waals surface area contributed by atoms with Gasteiger partial charge >= 0.3 is 0 Å². The van der Waals surface area contributed by atoms with Crippen LogP contribution in [0.25, 0.3) is 0 Å². The van der Waals surface area contributed by atoms with Crippen LogP contribution in [0.1, 0.15) is 19.3 Å². The predicted molar refractivity (Wildman–Crippen MR) is 71.1 cm³/mol. The third kappa shape index (κ3) is 3.02. The van der Waals surface area contributed by atoms with Gasteiger partial charge in [0.1, 0.15) is 4.90 Å². The van der Waals surface area contributed by atoms with Gasteiger partial charge in [-0.3, -0.25) is 4.98 Å². The summed E-state index contributed by atoms with van der Waals surface area (Å²) < 4.78 is 26.3. The Kier molecular flexibility index (Phi) is 4.59. The average molecular weight is 289 g/mol.